The molecule has 0 unspecified atom stereocenters. The quantitative estimate of drug-likeness (QED) is 0.408. The van der Waals surface area contributed by atoms with Gasteiger partial charge in [0.1, 0.15) is 11.6 Å². The average molecular weight is 442 g/mol. The van der Waals surface area contributed by atoms with Crippen LogP contribution in [-0.2, 0) is 13.6 Å². The van der Waals surface area contributed by atoms with Gasteiger partial charge in [-0.25, -0.2) is 9.37 Å². The summed E-state index contributed by atoms with van der Waals surface area (Å²) in [7, 11) is 2.02. The number of fused-ring (bicyclic) bond motifs is 1. The molecule has 4 aromatic rings. The maximum Gasteiger partial charge on any atom is 0.130 e. The first-order valence-electron chi connectivity index (χ1n) is 11.4. The number of likely N-dealkylation sites (tertiary alicyclic amines) is 1. The van der Waals surface area contributed by atoms with E-state index in [1.54, 1.807) is 12.1 Å². The minimum atomic E-state index is -0.266. The van der Waals surface area contributed by atoms with Gasteiger partial charge < -0.3 is 5.32 Å². The molecule has 0 aliphatic carbocycles. The summed E-state index contributed by atoms with van der Waals surface area (Å²) < 4.78 is 15.2. The lowest BCUT2D eigenvalue weighted by molar-refractivity contribution is 0.216. The predicted molar refractivity (Wildman–Crippen MR) is 132 cm³/mol. The van der Waals surface area contributed by atoms with Gasteiger partial charge in [-0.05, 0) is 66.7 Å². The largest absolute Gasteiger partial charge is 0.340 e. The van der Waals surface area contributed by atoms with Crippen LogP contribution in [0.5, 0.6) is 0 Å². The Bertz CT molecular complexity index is 1290. The average Bonchev–Trinajstić information content (AvgIpc) is 3.19. The van der Waals surface area contributed by atoms with E-state index in [-0.39, 0.29) is 5.82 Å². The smallest absolute Gasteiger partial charge is 0.130 e. The molecule has 5 nitrogen and oxygen atoms in total. The molecular formula is C27H28FN5. The highest BCUT2D eigenvalue weighted by atomic mass is 19.1. The third kappa shape index (κ3) is 4.66. The van der Waals surface area contributed by atoms with E-state index in [9.17, 15) is 4.39 Å². The van der Waals surface area contributed by atoms with Gasteiger partial charge in [0.25, 0.3) is 0 Å². The highest BCUT2D eigenvalue weighted by Crippen LogP contribution is 2.29. The number of rotatable bonds is 6. The van der Waals surface area contributed by atoms with Crippen molar-refractivity contribution in [1.29, 1.82) is 0 Å². The number of pyridine rings is 1. The zero-order valence-corrected chi connectivity index (χ0v) is 18.9. The van der Waals surface area contributed by atoms with Crippen molar-refractivity contribution in [1.82, 2.24) is 19.7 Å². The van der Waals surface area contributed by atoms with E-state index in [4.69, 9.17) is 0 Å². The fraction of sp³-hybridized carbons (Fsp3) is 0.259. The highest BCUT2D eigenvalue weighted by molar-refractivity contribution is 5.89. The molecule has 1 aliphatic heterocycles. The normalized spacial score (nSPS) is 14.5. The zero-order chi connectivity index (χ0) is 22.8. The van der Waals surface area contributed by atoms with E-state index in [0.29, 0.717) is 11.5 Å². The van der Waals surface area contributed by atoms with Gasteiger partial charge in [0.05, 0.1) is 11.9 Å². The first kappa shape index (κ1) is 21.3. The molecule has 3 heterocycles. The molecule has 2 aromatic carbocycles. The predicted octanol–water partition coefficient (Wildman–Crippen LogP) is 5.84. The Morgan fingerprint density at radius 1 is 1.00 bits per heavy atom. The summed E-state index contributed by atoms with van der Waals surface area (Å²) >= 11 is 0. The number of aromatic nitrogens is 3. The highest BCUT2D eigenvalue weighted by Gasteiger charge is 2.17. The van der Waals surface area contributed by atoms with Crippen LogP contribution in [0.4, 0.5) is 10.2 Å². The lowest BCUT2D eigenvalue weighted by Gasteiger charge is -2.26. The van der Waals surface area contributed by atoms with Crippen molar-refractivity contribution in [3.63, 3.8) is 0 Å². The molecular weight excluding hydrogens is 413 g/mol. The molecule has 0 saturated carbocycles. The van der Waals surface area contributed by atoms with Crippen LogP contribution in [0.1, 0.15) is 30.5 Å². The minimum absolute atomic E-state index is 0.266. The molecule has 1 aliphatic rings. The molecule has 0 bridgehead atoms. The summed E-state index contributed by atoms with van der Waals surface area (Å²) in [5.41, 5.74) is 5.07. The van der Waals surface area contributed by atoms with Gasteiger partial charge >= 0.3 is 0 Å². The molecule has 168 valence electrons. The molecule has 5 rings (SSSR count). The Balaban J connectivity index is 1.41. The van der Waals surface area contributed by atoms with E-state index < -0.39 is 0 Å². The van der Waals surface area contributed by atoms with E-state index in [1.807, 2.05) is 30.2 Å². The van der Waals surface area contributed by atoms with Crippen molar-refractivity contribution in [2.45, 2.75) is 25.8 Å². The number of nitrogens with one attached hydrogen (secondary N) is 1. The van der Waals surface area contributed by atoms with Gasteiger partial charge in [0.15, 0.2) is 0 Å². The second-order valence-corrected chi connectivity index (χ2v) is 8.71. The van der Waals surface area contributed by atoms with Crippen LogP contribution in [0.3, 0.4) is 0 Å². The van der Waals surface area contributed by atoms with Crippen LogP contribution in [0.25, 0.3) is 27.6 Å². The van der Waals surface area contributed by atoms with Crippen LogP contribution < -0.4 is 5.32 Å². The van der Waals surface area contributed by atoms with Crippen molar-refractivity contribution in [2.24, 2.45) is 7.05 Å². The maximum atomic E-state index is 13.2. The minimum Gasteiger partial charge on any atom is -0.340 e. The number of anilines is 1. The third-order valence-electron chi connectivity index (χ3n) is 6.39. The molecule has 0 amide bonds. The van der Waals surface area contributed by atoms with Crippen molar-refractivity contribution >= 4 is 22.3 Å². The summed E-state index contributed by atoms with van der Waals surface area (Å²) in [6.07, 6.45) is 7.70. The van der Waals surface area contributed by atoms with Gasteiger partial charge in [0.2, 0.25) is 0 Å². The van der Waals surface area contributed by atoms with Gasteiger partial charge in [-0.2, -0.15) is 5.10 Å². The molecule has 1 saturated heterocycles. The summed E-state index contributed by atoms with van der Waals surface area (Å²) in [6, 6.07) is 14.7. The molecule has 6 heteroatoms. The Kier molecular flexibility index (Phi) is 5.92. The molecule has 1 fully saturated rings. The number of piperidine rings is 1. The Hall–Kier alpha value is -3.51. The SMILES string of the molecule is C=C(Nc1cc2cc(-c3cnn(C)c3CN3CCCCC3)ccc2cn1)c1ccc(F)cc1. The number of hydrogen-bond donors (Lipinski definition) is 1. The number of benzene rings is 2. The fourth-order valence-electron chi connectivity index (χ4n) is 4.48. The van der Waals surface area contributed by atoms with Gasteiger partial charge in [0, 0.05) is 36.4 Å². The summed E-state index contributed by atoms with van der Waals surface area (Å²) in [6.45, 7) is 7.30. The standard InChI is InChI=1S/C27H28FN5/c1-19(20-8-10-24(28)11-9-20)31-27-15-23-14-21(6-7-22(23)16-29-27)25-17-30-32(2)26(25)18-33-12-4-3-5-13-33/h6-11,14-17H,1,3-5,12-13,18H2,2H3,(H,29,31). The van der Waals surface area contributed by atoms with Crippen molar-refractivity contribution < 1.29 is 4.39 Å². The second kappa shape index (κ2) is 9.16. The summed E-state index contributed by atoms with van der Waals surface area (Å²) in [4.78, 5) is 7.05. The number of nitrogens with zero attached hydrogens (tertiary/aromatic N) is 4. The number of aryl methyl sites for hydroxylation is 1. The van der Waals surface area contributed by atoms with Crippen molar-refractivity contribution in [2.75, 3.05) is 18.4 Å². The number of hydrogen-bond acceptors (Lipinski definition) is 4. The Morgan fingerprint density at radius 2 is 1.79 bits per heavy atom. The van der Waals surface area contributed by atoms with Crippen LogP contribution in [0.2, 0.25) is 0 Å². The van der Waals surface area contributed by atoms with Crippen molar-refractivity contribution in [3.05, 3.63) is 84.6 Å². The zero-order valence-electron chi connectivity index (χ0n) is 18.9. The Labute approximate surface area is 193 Å². The lowest BCUT2D eigenvalue weighted by Crippen LogP contribution is -2.30. The monoisotopic (exact) mass is 441 g/mol. The summed E-state index contributed by atoms with van der Waals surface area (Å²) in [5, 5.41) is 9.97. The van der Waals surface area contributed by atoms with Crippen molar-refractivity contribution in [3.8, 4) is 11.1 Å². The maximum absolute atomic E-state index is 13.2. The molecule has 33 heavy (non-hydrogen) atoms. The molecule has 0 atom stereocenters. The third-order valence-corrected chi connectivity index (χ3v) is 6.39. The molecule has 0 radical (unpaired) electrons. The first-order valence-corrected chi connectivity index (χ1v) is 11.4. The van der Waals surface area contributed by atoms with E-state index in [0.717, 1.165) is 41.5 Å². The van der Waals surface area contributed by atoms with E-state index >= 15 is 0 Å². The van der Waals surface area contributed by atoms with E-state index in [2.05, 4.69) is 45.1 Å². The fourth-order valence-corrected chi connectivity index (χ4v) is 4.48. The van der Waals surface area contributed by atoms with Crippen LogP contribution in [0.15, 0.2) is 67.5 Å². The van der Waals surface area contributed by atoms with Crippen LogP contribution >= 0.6 is 0 Å². The summed E-state index contributed by atoms with van der Waals surface area (Å²) in [5.74, 6) is 0.437. The topological polar surface area (TPSA) is 46.0 Å². The number of halogens is 1. The lowest BCUT2D eigenvalue weighted by atomic mass is 10.0. The molecule has 1 N–H and O–H groups in total. The molecule has 2 aromatic heterocycles. The first-order chi connectivity index (χ1) is 16.1. The van der Waals surface area contributed by atoms with Gasteiger partial charge in [-0.15, -0.1) is 0 Å². The second-order valence-electron chi connectivity index (χ2n) is 8.71. The Morgan fingerprint density at radius 3 is 2.58 bits per heavy atom. The molecule has 0 spiro atoms. The van der Waals surface area contributed by atoms with Crippen LogP contribution in [-0.4, -0.2) is 32.8 Å². The van der Waals surface area contributed by atoms with E-state index in [1.165, 1.54) is 42.7 Å². The van der Waals surface area contributed by atoms with Gasteiger partial charge in [-0.1, -0.05) is 37.3 Å². The van der Waals surface area contributed by atoms with Gasteiger partial charge in [-0.3, -0.25) is 9.58 Å². The van der Waals surface area contributed by atoms with Crippen LogP contribution in [0, 0.1) is 5.82 Å².